The maximum Gasteiger partial charge on any atom is 0.109 e. The number of rotatable bonds is 0. The summed E-state index contributed by atoms with van der Waals surface area (Å²) < 4.78 is 5.42. The van der Waals surface area contributed by atoms with E-state index in [0.29, 0.717) is 11.8 Å². The molecule has 64 valence electrons. The van der Waals surface area contributed by atoms with Crippen molar-refractivity contribution in [2.45, 2.75) is 38.3 Å². The third kappa shape index (κ3) is 0.789. The minimum absolute atomic E-state index is 0.134. The quantitative estimate of drug-likeness (QED) is 0.511. The van der Waals surface area contributed by atoms with Crippen molar-refractivity contribution in [2.24, 2.45) is 11.8 Å². The van der Waals surface area contributed by atoms with Gasteiger partial charge in [0.05, 0.1) is 12.2 Å². The van der Waals surface area contributed by atoms with Gasteiger partial charge in [0.15, 0.2) is 0 Å². The monoisotopic (exact) mass is 158 g/mol. The Morgan fingerprint density at radius 1 is 0.909 bits per heavy atom. The number of hydrogen-bond acceptors (Lipinski definition) is 3. The number of aliphatic hydroxyl groups excluding tert-OH is 2. The minimum atomic E-state index is -0.661. The van der Waals surface area contributed by atoms with Gasteiger partial charge in [-0.25, -0.2) is 0 Å². The van der Waals surface area contributed by atoms with Crippen LogP contribution in [0.1, 0.15) is 13.8 Å². The number of fused-ring (bicyclic) bond motifs is 2. The van der Waals surface area contributed by atoms with Gasteiger partial charge in [-0.15, -0.1) is 0 Å². The van der Waals surface area contributed by atoms with E-state index in [4.69, 9.17) is 4.74 Å². The Labute approximate surface area is 66.0 Å². The van der Waals surface area contributed by atoms with Crippen molar-refractivity contribution in [1.29, 1.82) is 0 Å². The van der Waals surface area contributed by atoms with Crippen molar-refractivity contribution in [3.05, 3.63) is 0 Å². The molecule has 11 heavy (non-hydrogen) atoms. The van der Waals surface area contributed by atoms with Crippen LogP contribution in [-0.2, 0) is 4.74 Å². The molecule has 2 fully saturated rings. The maximum atomic E-state index is 9.40. The van der Waals surface area contributed by atoms with Crippen LogP contribution in [0, 0.1) is 11.8 Å². The molecular weight excluding hydrogens is 144 g/mol. The molecular formula is C8H14O3. The van der Waals surface area contributed by atoms with E-state index in [1.165, 1.54) is 0 Å². The van der Waals surface area contributed by atoms with E-state index < -0.39 is 12.2 Å². The summed E-state index contributed by atoms with van der Waals surface area (Å²) in [4.78, 5) is 0. The largest absolute Gasteiger partial charge is 0.388 e. The summed E-state index contributed by atoms with van der Waals surface area (Å²) in [5.41, 5.74) is 0. The molecule has 2 N–H and O–H groups in total. The number of aliphatic hydroxyl groups is 2. The van der Waals surface area contributed by atoms with Crippen molar-refractivity contribution in [2.75, 3.05) is 0 Å². The summed E-state index contributed by atoms with van der Waals surface area (Å²) >= 11 is 0. The summed E-state index contributed by atoms with van der Waals surface area (Å²) in [5, 5.41) is 18.8. The van der Waals surface area contributed by atoms with Crippen molar-refractivity contribution >= 4 is 0 Å². The van der Waals surface area contributed by atoms with Crippen LogP contribution < -0.4 is 0 Å². The Hall–Kier alpha value is -0.120. The second kappa shape index (κ2) is 2.19. The van der Waals surface area contributed by atoms with Gasteiger partial charge in [-0.3, -0.25) is 0 Å². The minimum Gasteiger partial charge on any atom is -0.388 e. The van der Waals surface area contributed by atoms with Crippen LogP contribution in [0.5, 0.6) is 0 Å². The van der Waals surface area contributed by atoms with Gasteiger partial charge in [-0.2, -0.15) is 0 Å². The molecule has 0 aromatic heterocycles. The van der Waals surface area contributed by atoms with Gasteiger partial charge in [0, 0.05) is 0 Å². The van der Waals surface area contributed by atoms with E-state index in [0.717, 1.165) is 0 Å². The summed E-state index contributed by atoms with van der Waals surface area (Å²) in [5.74, 6) is 0.747. The van der Waals surface area contributed by atoms with Gasteiger partial charge in [-0.1, -0.05) is 13.8 Å². The Morgan fingerprint density at radius 2 is 1.27 bits per heavy atom. The van der Waals surface area contributed by atoms with Crippen molar-refractivity contribution < 1.29 is 14.9 Å². The third-order valence-corrected chi connectivity index (χ3v) is 3.20. The molecule has 0 aromatic rings. The second-order valence-electron chi connectivity index (χ2n) is 3.76. The lowest BCUT2D eigenvalue weighted by Gasteiger charge is -2.28. The van der Waals surface area contributed by atoms with E-state index in [9.17, 15) is 10.2 Å². The summed E-state index contributed by atoms with van der Waals surface area (Å²) in [7, 11) is 0. The molecule has 6 atom stereocenters. The molecule has 2 saturated heterocycles. The smallest absolute Gasteiger partial charge is 0.109 e. The Balaban J connectivity index is 2.21. The molecule has 2 bridgehead atoms. The lowest BCUT2D eigenvalue weighted by Crippen LogP contribution is -2.44. The van der Waals surface area contributed by atoms with Gasteiger partial charge in [0.1, 0.15) is 12.2 Å². The zero-order chi connectivity index (χ0) is 8.17. The molecule has 0 spiro atoms. The summed E-state index contributed by atoms with van der Waals surface area (Å²) in [6.07, 6.45) is -1.59. The molecule has 2 aliphatic rings. The van der Waals surface area contributed by atoms with Gasteiger partial charge >= 0.3 is 0 Å². The molecule has 6 unspecified atom stereocenters. The predicted octanol–water partition coefficient (Wildman–Crippen LogP) is -0.239. The lowest BCUT2D eigenvalue weighted by atomic mass is 9.79. The molecule has 0 amide bonds. The van der Waals surface area contributed by atoms with E-state index >= 15 is 0 Å². The van der Waals surface area contributed by atoms with Crippen LogP contribution in [0.15, 0.2) is 0 Å². The zero-order valence-corrected chi connectivity index (χ0v) is 6.77. The van der Waals surface area contributed by atoms with Crippen molar-refractivity contribution in [1.82, 2.24) is 0 Å². The highest BCUT2D eigenvalue weighted by molar-refractivity contribution is 5.03. The fourth-order valence-electron chi connectivity index (χ4n) is 2.20. The highest BCUT2D eigenvalue weighted by Gasteiger charge is 2.55. The average molecular weight is 158 g/mol. The first-order valence-electron chi connectivity index (χ1n) is 4.14. The van der Waals surface area contributed by atoms with Crippen LogP contribution in [0.25, 0.3) is 0 Å². The average Bonchev–Trinajstić information content (AvgIpc) is 2.40. The maximum absolute atomic E-state index is 9.40. The number of hydrogen-bond donors (Lipinski definition) is 2. The topological polar surface area (TPSA) is 49.7 Å². The summed E-state index contributed by atoms with van der Waals surface area (Å²) in [6.45, 7) is 4.12. The highest BCUT2D eigenvalue weighted by atomic mass is 16.5. The van der Waals surface area contributed by atoms with Crippen LogP contribution >= 0.6 is 0 Å². The summed E-state index contributed by atoms with van der Waals surface area (Å²) in [6, 6.07) is 0. The fourth-order valence-corrected chi connectivity index (χ4v) is 2.20. The SMILES string of the molecule is CC1C(C)C2OC1C(O)C2O. The first-order valence-corrected chi connectivity index (χ1v) is 4.14. The molecule has 0 radical (unpaired) electrons. The van der Waals surface area contributed by atoms with E-state index in [-0.39, 0.29) is 12.2 Å². The molecule has 2 rings (SSSR count). The van der Waals surface area contributed by atoms with Gasteiger partial charge in [0.25, 0.3) is 0 Å². The lowest BCUT2D eigenvalue weighted by molar-refractivity contribution is -0.0153. The normalized spacial score (nSPS) is 62.2. The van der Waals surface area contributed by atoms with Crippen LogP contribution in [0.3, 0.4) is 0 Å². The number of ether oxygens (including phenoxy) is 1. The standard InChI is InChI=1S/C8H14O3/c1-3-4(2)8-6(10)5(9)7(3)11-8/h3-10H,1-2H3. The van der Waals surface area contributed by atoms with Crippen LogP contribution in [-0.4, -0.2) is 34.6 Å². The molecule has 2 aliphatic heterocycles. The Bertz CT molecular complexity index is 137. The second-order valence-corrected chi connectivity index (χ2v) is 3.76. The molecule has 0 aliphatic carbocycles. The zero-order valence-electron chi connectivity index (χ0n) is 6.77. The highest BCUT2D eigenvalue weighted by Crippen LogP contribution is 2.42. The molecule has 0 aromatic carbocycles. The van der Waals surface area contributed by atoms with Gasteiger partial charge < -0.3 is 14.9 Å². The predicted molar refractivity (Wildman–Crippen MR) is 39.0 cm³/mol. The van der Waals surface area contributed by atoms with E-state index in [1.807, 2.05) is 0 Å². The molecule has 0 saturated carbocycles. The molecule has 3 nitrogen and oxygen atoms in total. The van der Waals surface area contributed by atoms with Gasteiger partial charge in [0.2, 0.25) is 0 Å². The Morgan fingerprint density at radius 3 is 1.55 bits per heavy atom. The first-order chi connectivity index (χ1) is 5.13. The van der Waals surface area contributed by atoms with Crippen LogP contribution in [0.4, 0.5) is 0 Å². The van der Waals surface area contributed by atoms with Gasteiger partial charge in [-0.05, 0) is 11.8 Å². The van der Waals surface area contributed by atoms with Crippen LogP contribution in [0.2, 0.25) is 0 Å². The van der Waals surface area contributed by atoms with Crippen molar-refractivity contribution in [3.63, 3.8) is 0 Å². The first kappa shape index (κ1) is 7.53. The van der Waals surface area contributed by atoms with E-state index in [1.54, 1.807) is 0 Å². The third-order valence-electron chi connectivity index (χ3n) is 3.20. The molecule has 2 heterocycles. The van der Waals surface area contributed by atoms with E-state index in [2.05, 4.69) is 13.8 Å². The van der Waals surface area contributed by atoms with Crippen molar-refractivity contribution in [3.8, 4) is 0 Å². The fraction of sp³-hybridized carbons (Fsp3) is 1.00. The Kier molecular flexibility index (Phi) is 1.50. The molecule has 3 heteroatoms.